The van der Waals surface area contributed by atoms with Crippen molar-refractivity contribution < 1.29 is 22.7 Å². The topological polar surface area (TPSA) is 55.6 Å². The molecule has 1 heterocycles. The number of nitrogens with two attached hydrogens (primary N) is 1. The fourth-order valence-corrected chi connectivity index (χ4v) is 3.73. The number of carbonyl (C=O) groups is 1. The lowest BCUT2D eigenvalue weighted by Gasteiger charge is -2.18. The van der Waals surface area contributed by atoms with Gasteiger partial charge >= 0.3 is 6.36 Å². The van der Waals surface area contributed by atoms with Crippen LogP contribution < -0.4 is 10.5 Å². The lowest BCUT2D eigenvalue weighted by molar-refractivity contribution is -0.274. The van der Waals surface area contributed by atoms with Crippen LogP contribution in [-0.2, 0) is 11.2 Å². The Bertz CT molecular complexity index is 802. The molecule has 2 aromatic rings. The number of benzene rings is 2. The molecule has 158 valence electrons. The zero-order valence-corrected chi connectivity index (χ0v) is 16.6. The van der Waals surface area contributed by atoms with E-state index in [0.29, 0.717) is 25.2 Å². The zero-order chi connectivity index (χ0) is 20.1. The van der Waals surface area contributed by atoms with Gasteiger partial charge in [0.05, 0.1) is 0 Å². The van der Waals surface area contributed by atoms with Gasteiger partial charge < -0.3 is 15.4 Å². The second kappa shape index (κ2) is 9.98. The first-order valence-electron chi connectivity index (χ1n) is 9.24. The molecule has 1 amide bonds. The van der Waals surface area contributed by atoms with Gasteiger partial charge in [0.25, 0.3) is 0 Å². The zero-order valence-electron chi connectivity index (χ0n) is 15.8. The fraction of sp³-hybridized carbons (Fsp3) is 0.381. The van der Waals surface area contributed by atoms with Gasteiger partial charge in [-0.05, 0) is 36.1 Å². The molecule has 0 aromatic heterocycles. The van der Waals surface area contributed by atoms with Gasteiger partial charge in [-0.3, -0.25) is 4.79 Å². The van der Waals surface area contributed by atoms with Gasteiger partial charge in [-0.2, -0.15) is 0 Å². The summed E-state index contributed by atoms with van der Waals surface area (Å²) in [6, 6.07) is 15.9. The first-order valence-corrected chi connectivity index (χ1v) is 9.24. The molecule has 4 nitrogen and oxygen atoms in total. The number of halogens is 4. The van der Waals surface area contributed by atoms with Crippen molar-refractivity contribution in [2.24, 2.45) is 11.7 Å². The highest BCUT2D eigenvalue weighted by Crippen LogP contribution is 2.33. The van der Waals surface area contributed by atoms with Crippen LogP contribution in [0.1, 0.15) is 23.5 Å². The van der Waals surface area contributed by atoms with Gasteiger partial charge in [0.1, 0.15) is 5.75 Å². The normalized spacial score (nSPS) is 19.0. The summed E-state index contributed by atoms with van der Waals surface area (Å²) in [5.41, 5.74) is 7.42. The van der Waals surface area contributed by atoms with E-state index in [1.807, 2.05) is 30.3 Å². The van der Waals surface area contributed by atoms with Gasteiger partial charge in [0.2, 0.25) is 5.91 Å². The molecule has 2 aromatic carbocycles. The highest BCUT2D eigenvalue weighted by atomic mass is 35.5. The van der Waals surface area contributed by atoms with Gasteiger partial charge in [-0.25, -0.2) is 0 Å². The maximum absolute atomic E-state index is 12.7. The fourth-order valence-electron chi connectivity index (χ4n) is 3.73. The number of hydrogen-bond donors (Lipinski definition) is 1. The molecule has 0 unspecified atom stereocenters. The van der Waals surface area contributed by atoms with E-state index in [1.165, 1.54) is 12.1 Å². The van der Waals surface area contributed by atoms with E-state index in [9.17, 15) is 18.0 Å². The maximum atomic E-state index is 12.7. The lowest BCUT2D eigenvalue weighted by atomic mass is 9.89. The third-order valence-corrected chi connectivity index (χ3v) is 5.13. The number of alkyl halides is 3. The molecule has 0 radical (unpaired) electrons. The number of ether oxygens (including phenoxy) is 1. The number of nitrogens with zero attached hydrogens (tertiary/aromatic N) is 1. The molecule has 29 heavy (non-hydrogen) atoms. The SMILES string of the molecule is Cl.NC[C@@H]1CN(C(=O)CCc2ccccc2OC(F)(F)F)C[C@H]1c1ccccc1. The number of amides is 1. The molecule has 8 heteroatoms. The minimum atomic E-state index is -4.76. The first-order chi connectivity index (χ1) is 13.4. The smallest absolute Gasteiger partial charge is 0.406 e. The van der Waals surface area contributed by atoms with Crippen LogP contribution in [0.4, 0.5) is 13.2 Å². The third kappa shape index (κ3) is 6.11. The molecule has 1 aliphatic heterocycles. The summed E-state index contributed by atoms with van der Waals surface area (Å²) in [6.45, 7) is 1.62. The van der Waals surface area contributed by atoms with Crippen LogP contribution in [0, 0.1) is 5.92 Å². The highest BCUT2D eigenvalue weighted by Gasteiger charge is 2.35. The summed E-state index contributed by atoms with van der Waals surface area (Å²) in [7, 11) is 0. The maximum Gasteiger partial charge on any atom is 0.573 e. The molecule has 0 bridgehead atoms. The first kappa shape index (κ1) is 23.0. The summed E-state index contributed by atoms with van der Waals surface area (Å²) in [5, 5.41) is 0. The molecule has 1 saturated heterocycles. The van der Waals surface area contributed by atoms with Crippen LogP contribution >= 0.6 is 12.4 Å². The quantitative estimate of drug-likeness (QED) is 0.752. The average Bonchev–Trinajstić information content (AvgIpc) is 3.11. The Labute approximate surface area is 174 Å². The van der Waals surface area contributed by atoms with E-state index >= 15 is 0 Å². The average molecular weight is 429 g/mol. The number of para-hydroxylation sites is 1. The Kier molecular flexibility index (Phi) is 7.93. The van der Waals surface area contributed by atoms with E-state index in [0.717, 1.165) is 5.56 Å². The van der Waals surface area contributed by atoms with E-state index in [-0.39, 0.29) is 48.7 Å². The molecule has 1 fully saturated rings. The molecule has 3 rings (SSSR count). The summed E-state index contributed by atoms with van der Waals surface area (Å²) < 4.78 is 41.7. The van der Waals surface area contributed by atoms with Crippen molar-refractivity contribution in [2.45, 2.75) is 25.1 Å². The number of hydrogen-bond acceptors (Lipinski definition) is 3. The minimum Gasteiger partial charge on any atom is -0.406 e. The number of likely N-dealkylation sites (tertiary alicyclic amines) is 1. The van der Waals surface area contributed by atoms with Gasteiger partial charge in [0, 0.05) is 25.4 Å². The monoisotopic (exact) mass is 428 g/mol. The van der Waals surface area contributed by atoms with E-state index in [4.69, 9.17) is 5.73 Å². The largest absolute Gasteiger partial charge is 0.573 e. The van der Waals surface area contributed by atoms with E-state index in [1.54, 1.807) is 17.0 Å². The van der Waals surface area contributed by atoms with Crippen molar-refractivity contribution in [3.05, 3.63) is 65.7 Å². The Morgan fingerprint density at radius 2 is 1.72 bits per heavy atom. The van der Waals surface area contributed by atoms with Crippen LogP contribution in [0.3, 0.4) is 0 Å². The Hall–Kier alpha value is -2.25. The molecule has 2 N–H and O–H groups in total. The van der Waals surface area contributed by atoms with Crippen LogP contribution in [0.25, 0.3) is 0 Å². The van der Waals surface area contributed by atoms with Gasteiger partial charge in [-0.1, -0.05) is 48.5 Å². The Morgan fingerprint density at radius 1 is 1.07 bits per heavy atom. The van der Waals surface area contributed by atoms with Gasteiger partial charge in [0.15, 0.2) is 0 Å². The highest BCUT2D eigenvalue weighted by molar-refractivity contribution is 5.85. The lowest BCUT2D eigenvalue weighted by Crippen LogP contribution is -2.30. The molecular formula is C21H24ClF3N2O2. The van der Waals surface area contributed by atoms with Crippen LogP contribution in [-0.4, -0.2) is 36.8 Å². The molecule has 0 aliphatic carbocycles. The second-order valence-electron chi connectivity index (χ2n) is 6.97. The summed E-state index contributed by atoms with van der Waals surface area (Å²) >= 11 is 0. The van der Waals surface area contributed by atoms with Crippen LogP contribution in [0.2, 0.25) is 0 Å². The second-order valence-corrected chi connectivity index (χ2v) is 6.97. The van der Waals surface area contributed by atoms with E-state index in [2.05, 4.69) is 4.74 Å². The van der Waals surface area contributed by atoms with Gasteiger partial charge in [-0.15, -0.1) is 25.6 Å². The van der Waals surface area contributed by atoms with Crippen molar-refractivity contribution in [1.82, 2.24) is 4.90 Å². The number of aryl methyl sites for hydroxylation is 1. The number of carbonyl (C=O) groups excluding carboxylic acids is 1. The predicted octanol–water partition coefficient (Wildman–Crippen LogP) is 4.14. The minimum absolute atomic E-state index is 0. The van der Waals surface area contributed by atoms with Crippen molar-refractivity contribution in [2.75, 3.05) is 19.6 Å². The molecular weight excluding hydrogens is 405 g/mol. The van der Waals surface area contributed by atoms with E-state index < -0.39 is 6.36 Å². The molecule has 1 aliphatic rings. The van der Waals surface area contributed by atoms with Crippen LogP contribution in [0.5, 0.6) is 5.75 Å². The van der Waals surface area contributed by atoms with Crippen molar-refractivity contribution >= 4 is 18.3 Å². The molecule has 0 saturated carbocycles. The summed E-state index contributed by atoms with van der Waals surface area (Å²) in [5.74, 6) is 0.00751. The molecule has 0 spiro atoms. The summed E-state index contributed by atoms with van der Waals surface area (Å²) in [4.78, 5) is 14.4. The van der Waals surface area contributed by atoms with Crippen molar-refractivity contribution in [1.29, 1.82) is 0 Å². The number of rotatable bonds is 6. The third-order valence-electron chi connectivity index (χ3n) is 5.13. The van der Waals surface area contributed by atoms with Crippen molar-refractivity contribution in [3.63, 3.8) is 0 Å². The predicted molar refractivity (Wildman–Crippen MR) is 107 cm³/mol. The van der Waals surface area contributed by atoms with Crippen molar-refractivity contribution in [3.8, 4) is 5.75 Å². The standard InChI is InChI=1S/C21H23F3N2O2.ClH/c22-21(23,24)28-19-9-5-4-8-16(19)10-11-20(27)26-13-17(12-25)18(14-26)15-6-2-1-3-7-15;/h1-9,17-18H,10-14,25H2;1H/t17-,18+;/m1./s1. The summed E-state index contributed by atoms with van der Waals surface area (Å²) in [6.07, 6.45) is -4.45. The molecule has 2 atom stereocenters. The van der Waals surface area contributed by atoms with Crippen LogP contribution in [0.15, 0.2) is 54.6 Å². The Balaban J connectivity index is 0.00000300. The Morgan fingerprint density at radius 3 is 2.38 bits per heavy atom.